The zero-order valence-electron chi connectivity index (χ0n) is 10.3. The van der Waals surface area contributed by atoms with Crippen LogP contribution in [0.3, 0.4) is 0 Å². The lowest BCUT2D eigenvalue weighted by atomic mass is 10.1. The van der Waals surface area contributed by atoms with Crippen LogP contribution < -0.4 is 4.90 Å². The maximum atomic E-state index is 13.5. The fourth-order valence-electron chi connectivity index (χ4n) is 2.23. The highest BCUT2D eigenvalue weighted by molar-refractivity contribution is 5.69. The first-order valence-corrected chi connectivity index (χ1v) is 5.99. The number of hydrogen-bond acceptors (Lipinski definition) is 4. The summed E-state index contributed by atoms with van der Waals surface area (Å²) in [4.78, 5) is 14.4. The molecule has 6 heteroatoms. The fraction of sp³-hybridized carbons (Fsp3) is 0.385. The van der Waals surface area contributed by atoms with Crippen LogP contribution in [0, 0.1) is 17.1 Å². The summed E-state index contributed by atoms with van der Waals surface area (Å²) in [5.74, 6) is -1.37. The smallest absolute Gasteiger partial charge is 0.317 e. The summed E-state index contributed by atoms with van der Waals surface area (Å²) in [6.45, 7) is 2.38. The summed E-state index contributed by atoms with van der Waals surface area (Å²) >= 11 is 0. The highest BCUT2D eigenvalue weighted by atomic mass is 19.1. The van der Waals surface area contributed by atoms with Crippen molar-refractivity contribution >= 4 is 11.7 Å². The molecule has 0 aliphatic carbocycles. The van der Waals surface area contributed by atoms with Crippen molar-refractivity contribution in [3.05, 3.63) is 29.6 Å². The van der Waals surface area contributed by atoms with E-state index in [-0.39, 0.29) is 12.1 Å². The van der Waals surface area contributed by atoms with Gasteiger partial charge in [0.15, 0.2) is 0 Å². The van der Waals surface area contributed by atoms with Gasteiger partial charge >= 0.3 is 5.97 Å². The number of benzene rings is 1. The number of piperazine rings is 1. The van der Waals surface area contributed by atoms with Crippen molar-refractivity contribution in [3.8, 4) is 6.07 Å². The van der Waals surface area contributed by atoms with Gasteiger partial charge in [0.2, 0.25) is 0 Å². The van der Waals surface area contributed by atoms with Gasteiger partial charge in [0, 0.05) is 26.2 Å². The average molecular weight is 263 g/mol. The number of carboxylic acids is 1. The van der Waals surface area contributed by atoms with Crippen LogP contribution >= 0.6 is 0 Å². The first-order chi connectivity index (χ1) is 9.11. The molecule has 0 spiro atoms. The molecule has 0 unspecified atom stereocenters. The minimum Gasteiger partial charge on any atom is -0.480 e. The Kier molecular flexibility index (Phi) is 3.97. The molecule has 1 aromatic rings. The van der Waals surface area contributed by atoms with Crippen LogP contribution in [-0.4, -0.2) is 48.7 Å². The molecule has 0 atom stereocenters. The van der Waals surface area contributed by atoms with Crippen LogP contribution in [0.15, 0.2) is 18.2 Å². The number of aliphatic carboxylic acids is 1. The molecule has 1 fully saturated rings. The number of nitriles is 1. The summed E-state index contributed by atoms with van der Waals surface area (Å²) in [5.41, 5.74) is 0.631. The summed E-state index contributed by atoms with van der Waals surface area (Å²) in [6, 6.07) is 6.44. The summed E-state index contributed by atoms with van der Waals surface area (Å²) in [6.07, 6.45) is 0. The molecule has 0 aromatic heterocycles. The van der Waals surface area contributed by atoms with Crippen LogP contribution in [0.1, 0.15) is 5.56 Å². The summed E-state index contributed by atoms with van der Waals surface area (Å²) < 4.78 is 13.5. The number of halogens is 1. The third-order valence-electron chi connectivity index (χ3n) is 3.18. The lowest BCUT2D eigenvalue weighted by molar-refractivity contribution is -0.138. The molecule has 1 aliphatic heterocycles. The van der Waals surface area contributed by atoms with Gasteiger partial charge in [-0.3, -0.25) is 9.69 Å². The minimum atomic E-state index is -0.850. The normalized spacial score (nSPS) is 16.1. The minimum absolute atomic E-state index is 0.0160. The van der Waals surface area contributed by atoms with Crippen molar-refractivity contribution < 1.29 is 14.3 Å². The Morgan fingerprint density at radius 1 is 1.37 bits per heavy atom. The number of carboxylic acid groups (broad SMARTS) is 1. The summed E-state index contributed by atoms with van der Waals surface area (Å²) in [5, 5.41) is 17.7. The van der Waals surface area contributed by atoms with E-state index < -0.39 is 11.8 Å². The Labute approximate surface area is 110 Å². The first kappa shape index (κ1) is 13.3. The molecular weight excluding hydrogens is 249 g/mol. The molecule has 1 aromatic carbocycles. The molecular formula is C13H14FN3O2. The second-order valence-corrected chi connectivity index (χ2v) is 4.40. The molecule has 19 heavy (non-hydrogen) atoms. The number of hydrogen-bond donors (Lipinski definition) is 1. The Hall–Kier alpha value is -2.13. The van der Waals surface area contributed by atoms with Crippen molar-refractivity contribution in [1.29, 1.82) is 5.26 Å². The summed E-state index contributed by atoms with van der Waals surface area (Å²) in [7, 11) is 0. The SMILES string of the molecule is N#Cc1c(F)cccc1N1CCN(CC(=O)O)CC1. The Balaban J connectivity index is 2.08. The Bertz CT molecular complexity index is 519. The molecule has 1 aliphatic rings. The predicted octanol–water partition coefficient (Wildman–Crippen LogP) is 0.904. The third kappa shape index (κ3) is 3.01. The van der Waals surface area contributed by atoms with Crippen LogP contribution in [0.25, 0.3) is 0 Å². The lowest BCUT2D eigenvalue weighted by Crippen LogP contribution is -2.48. The van der Waals surface area contributed by atoms with Crippen molar-refractivity contribution in [2.45, 2.75) is 0 Å². The van der Waals surface area contributed by atoms with E-state index in [9.17, 15) is 9.18 Å². The molecule has 1 saturated heterocycles. The van der Waals surface area contributed by atoms with E-state index in [0.717, 1.165) is 0 Å². The molecule has 100 valence electrons. The highest BCUT2D eigenvalue weighted by Crippen LogP contribution is 2.23. The number of anilines is 1. The van der Waals surface area contributed by atoms with Crippen molar-refractivity contribution in [2.75, 3.05) is 37.6 Å². The zero-order valence-corrected chi connectivity index (χ0v) is 10.3. The van der Waals surface area contributed by atoms with Gasteiger partial charge < -0.3 is 10.0 Å². The van der Waals surface area contributed by atoms with Gasteiger partial charge in [-0.1, -0.05) is 6.07 Å². The van der Waals surface area contributed by atoms with Gasteiger partial charge in [-0.15, -0.1) is 0 Å². The van der Waals surface area contributed by atoms with Crippen LogP contribution in [0.5, 0.6) is 0 Å². The molecule has 0 radical (unpaired) electrons. The lowest BCUT2D eigenvalue weighted by Gasteiger charge is -2.35. The quantitative estimate of drug-likeness (QED) is 0.877. The molecule has 1 heterocycles. The fourth-order valence-corrected chi connectivity index (χ4v) is 2.23. The topological polar surface area (TPSA) is 67.6 Å². The van der Waals surface area contributed by atoms with E-state index in [0.29, 0.717) is 31.9 Å². The molecule has 0 amide bonds. The van der Waals surface area contributed by atoms with Gasteiger partial charge in [0.25, 0.3) is 0 Å². The van der Waals surface area contributed by atoms with Crippen LogP contribution in [-0.2, 0) is 4.79 Å². The van der Waals surface area contributed by atoms with Gasteiger partial charge in [0.05, 0.1) is 12.2 Å². The van der Waals surface area contributed by atoms with Gasteiger partial charge in [-0.05, 0) is 12.1 Å². The second kappa shape index (κ2) is 5.67. The van der Waals surface area contributed by atoms with Gasteiger partial charge in [-0.25, -0.2) is 4.39 Å². The maximum Gasteiger partial charge on any atom is 0.317 e. The zero-order chi connectivity index (χ0) is 13.8. The van der Waals surface area contributed by atoms with Crippen LogP contribution in [0.4, 0.5) is 10.1 Å². The van der Waals surface area contributed by atoms with Crippen molar-refractivity contribution in [1.82, 2.24) is 4.90 Å². The van der Waals surface area contributed by atoms with E-state index in [1.807, 2.05) is 15.9 Å². The largest absolute Gasteiger partial charge is 0.480 e. The molecule has 1 N–H and O–H groups in total. The van der Waals surface area contributed by atoms with E-state index in [4.69, 9.17) is 10.4 Å². The second-order valence-electron chi connectivity index (χ2n) is 4.40. The molecule has 2 rings (SSSR count). The van der Waals surface area contributed by atoms with Crippen molar-refractivity contribution in [2.24, 2.45) is 0 Å². The first-order valence-electron chi connectivity index (χ1n) is 5.99. The third-order valence-corrected chi connectivity index (χ3v) is 3.18. The Morgan fingerprint density at radius 2 is 2.05 bits per heavy atom. The number of carbonyl (C=O) groups is 1. The molecule has 0 saturated carbocycles. The maximum absolute atomic E-state index is 13.5. The Morgan fingerprint density at radius 3 is 2.63 bits per heavy atom. The van der Waals surface area contributed by atoms with Gasteiger partial charge in [-0.2, -0.15) is 5.26 Å². The van der Waals surface area contributed by atoms with Crippen molar-refractivity contribution in [3.63, 3.8) is 0 Å². The number of nitrogens with zero attached hydrogens (tertiary/aromatic N) is 3. The monoisotopic (exact) mass is 263 g/mol. The molecule has 0 bridgehead atoms. The van der Waals surface area contributed by atoms with E-state index in [2.05, 4.69) is 0 Å². The van der Waals surface area contributed by atoms with Crippen LogP contribution in [0.2, 0.25) is 0 Å². The standard InChI is InChI=1S/C13H14FN3O2/c14-11-2-1-3-12(10(11)8-15)17-6-4-16(5-7-17)9-13(18)19/h1-3H,4-7,9H2,(H,18,19). The van der Waals surface area contributed by atoms with E-state index in [1.54, 1.807) is 12.1 Å². The van der Waals surface area contributed by atoms with E-state index >= 15 is 0 Å². The predicted molar refractivity (Wildman–Crippen MR) is 67.4 cm³/mol. The van der Waals surface area contributed by atoms with Gasteiger partial charge in [0.1, 0.15) is 17.4 Å². The highest BCUT2D eigenvalue weighted by Gasteiger charge is 2.21. The average Bonchev–Trinajstić information content (AvgIpc) is 2.38. The number of rotatable bonds is 3. The molecule has 5 nitrogen and oxygen atoms in total. The van der Waals surface area contributed by atoms with E-state index in [1.165, 1.54) is 6.07 Å².